The third-order valence-electron chi connectivity index (χ3n) is 7.17. The lowest BCUT2D eigenvalue weighted by atomic mass is 10.0. The molecule has 0 aliphatic heterocycles. The number of aromatic nitrogens is 3. The summed E-state index contributed by atoms with van der Waals surface area (Å²) in [6.07, 6.45) is -0.511. The number of rotatable bonds is 12. The van der Waals surface area contributed by atoms with Gasteiger partial charge in [0.1, 0.15) is 18.4 Å². The number of fused-ring (bicyclic) bond motifs is 1. The first-order valence-electron chi connectivity index (χ1n) is 15.8. The van der Waals surface area contributed by atoms with Crippen LogP contribution in [0.2, 0.25) is 30.7 Å². The van der Waals surface area contributed by atoms with Gasteiger partial charge in [-0.15, -0.1) is 0 Å². The summed E-state index contributed by atoms with van der Waals surface area (Å²) in [7, 11) is 3.43. The van der Waals surface area contributed by atoms with Gasteiger partial charge in [0.05, 0.1) is 34.6 Å². The number of halogens is 1. The van der Waals surface area contributed by atoms with Crippen LogP contribution < -0.4 is 25.8 Å². The van der Waals surface area contributed by atoms with Crippen molar-refractivity contribution >= 4 is 71.8 Å². The number of nitrogens with zero attached hydrogens (tertiary/aromatic N) is 4. The Morgan fingerprint density at radius 3 is 2.30 bits per heavy atom. The molecule has 3 N–H and O–H groups in total. The zero-order valence-corrected chi connectivity index (χ0v) is 31.4. The van der Waals surface area contributed by atoms with Crippen LogP contribution in [-0.2, 0) is 16.2 Å². The van der Waals surface area contributed by atoms with E-state index in [9.17, 15) is 19.5 Å². The number of hydrogen-bond acceptors (Lipinski definition) is 10. The zero-order chi connectivity index (χ0) is 37.0. The van der Waals surface area contributed by atoms with Gasteiger partial charge in [0.2, 0.25) is 11.8 Å². The van der Waals surface area contributed by atoms with Gasteiger partial charge in [-0.05, 0) is 62.7 Å². The van der Waals surface area contributed by atoms with E-state index in [1.807, 2.05) is 10.8 Å². The Kier molecular flexibility index (Phi) is 11.7. The smallest absolute Gasteiger partial charge is 0.412 e. The van der Waals surface area contributed by atoms with E-state index in [4.69, 9.17) is 30.8 Å². The maximum atomic E-state index is 12.5. The summed E-state index contributed by atoms with van der Waals surface area (Å²) in [5, 5.41) is 20.4. The molecule has 268 valence electrons. The fourth-order valence-electron chi connectivity index (χ4n) is 4.79. The van der Waals surface area contributed by atoms with Crippen molar-refractivity contribution in [3.63, 3.8) is 0 Å². The monoisotopic (exact) mass is 724 g/mol. The van der Waals surface area contributed by atoms with Crippen LogP contribution >= 0.6 is 11.6 Å². The quantitative estimate of drug-likeness (QED) is 0.107. The van der Waals surface area contributed by atoms with Gasteiger partial charge in [-0.2, -0.15) is 9.97 Å². The number of amides is 3. The average Bonchev–Trinajstić information content (AvgIpc) is 3.37. The molecule has 0 unspecified atom stereocenters. The third-order valence-corrected chi connectivity index (χ3v) is 9.19. The average molecular weight is 725 g/mol. The second-order valence-corrected chi connectivity index (χ2v) is 20.0. The van der Waals surface area contributed by atoms with Crippen molar-refractivity contribution in [2.75, 3.05) is 43.8 Å². The Hall–Kier alpha value is -4.86. The molecular formula is C34H43ClN7O7Si-. The van der Waals surface area contributed by atoms with Crippen molar-refractivity contribution in [3.8, 4) is 17.0 Å². The Labute approximate surface area is 297 Å². The number of benzene rings is 2. The van der Waals surface area contributed by atoms with Gasteiger partial charge < -0.3 is 44.2 Å². The summed E-state index contributed by atoms with van der Waals surface area (Å²) in [5.74, 6) is 0.199. The van der Waals surface area contributed by atoms with Crippen molar-refractivity contribution < 1.29 is 33.7 Å². The molecule has 0 saturated heterocycles. The molecule has 0 aliphatic carbocycles. The van der Waals surface area contributed by atoms with E-state index in [-0.39, 0.29) is 35.8 Å². The van der Waals surface area contributed by atoms with Gasteiger partial charge >= 0.3 is 6.09 Å². The molecule has 4 aromatic rings. The summed E-state index contributed by atoms with van der Waals surface area (Å²) in [4.78, 5) is 47.5. The summed E-state index contributed by atoms with van der Waals surface area (Å²) in [6, 6.07) is 10.7. The van der Waals surface area contributed by atoms with Gasteiger partial charge in [0.25, 0.3) is 5.91 Å². The summed E-state index contributed by atoms with van der Waals surface area (Å²) >= 11 is 6.55. The molecule has 0 fully saturated rings. The lowest BCUT2D eigenvalue weighted by Gasteiger charge is -2.21. The first-order valence-corrected chi connectivity index (χ1v) is 19.9. The van der Waals surface area contributed by atoms with E-state index in [1.165, 1.54) is 12.0 Å². The number of anilines is 4. The Morgan fingerprint density at radius 2 is 1.70 bits per heavy atom. The molecule has 0 atom stereocenters. The number of carboxylic acid groups (broad SMARTS) is 1. The van der Waals surface area contributed by atoms with Gasteiger partial charge in [-0.1, -0.05) is 37.3 Å². The largest absolute Gasteiger partial charge is 0.530 e. The predicted octanol–water partition coefficient (Wildman–Crippen LogP) is 6.62. The Balaban J connectivity index is 1.80. The van der Waals surface area contributed by atoms with Crippen LogP contribution in [0.3, 0.4) is 0 Å². The summed E-state index contributed by atoms with van der Waals surface area (Å²) in [5.41, 5.74) is 1.97. The first-order chi connectivity index (χ1) is 23.3. The number of carbonyl (C=O) groups is 3. The first kappa shape index (κ1) is 37.9. The molecule has 0 saturated carbocycles. The topological polar surface area (TPSA) is 172 Å². The van der Waals surface area contributed by atoms with Crippen LogP contribution in [0.15, 0.2) is 42.6 Å². The minimum Gasteiger partial charge on any atom is -0.530 e. The maximum absolute atomic E-state index is 12.5. The Morgan fingerprint density at radius 1 is 1.00 bits per heavy atom. The highest BCUT2D eigenvalue weighted by Crippen LogP contribution is 2.39. The van der Waals surface area contributed by atoms with E-state index in [1.54, 1.807) is 71.3 Å². The minimum atomic E-state index is -1.57. The van der Waals surface area contributed by atoms with Crippen molar-refractivity contribution in [1.29, 1.82) is 0 Å². The predicted molar refractivity (Wildman–Crippen MR) is 195 cm³/mol. The molecule has 3 amide bonds. The number of nitrogens with one attached hydrogen (secondary N) is 3. The molecule has 50 heavy (non-hydrogen) atoms. The molecule has 0 bridgehead atoms. The molecule has 14 nitrogen and oxygen atoms in total. The van der Waals surface area contributed by atoms with Crippen LogP contribution in [-0.4, -0.2) is 79.0 Å². The molecule has 0 radical (unpaired) electrons. The van der Waals surface area contributed by atoms with Crippen molar-refractivity contribution in [2.45, 2.75) is 58.8 Å². The van der Waals surface area contributed by atoms with Crippen LogP contribution in [0, 0.1) is 0 Å². The van der Waals surface area contributed by atoms with Gasteiger partial charge in [0, 0.05) is 46.1 Å². The van der Waals surface area contributed by atoms with Crippen molar-refractivity contribution in [3.05, 3.63) is 53.2 Å². The van der Waals surface area contributed by atoms with Gasteiger partial charge in [-0.25, -0.2) is 4.79 Å². The van der Waals surface area contributed by atoms with E-state index in [2.05, 4.69) is 40.6 Å². The van der Waals surface area contributed by atoms with E-state index < -0.39 is 25.9 Å². The molecule has 2 aromatic carbocycles. The normalized spacial score (nSPS) is 11.6. The standard InChI is InChI=1S/C34H44ClN7O7Si/c1-34(2,3)49-33(46)38-25-13-10-20(17-26(25)37-32(44)45)22-18-42(19-48-14-15-50(7,8)9)28-27(22)29(47-6)40-31(39-28)36-24-12-11-21(16-23(24)35)30(43)41(4)5/h10-13,16-18,37H,14-15,19H2,1-9H3,(H,38,46)(H,44,45)(H,36,39,40)/p-1. The molecule has 2 aromatic heterocycles. The van der Waals surface area contributed by atoms with Crippen LogP contribution in [0.4, 0.5) is 32.6 Å². The van der Waals surface area contributed by atoms with Crippen molar-refractivity contribution in [2.24, 2.45) is 0 Å². The minimum absolute atomic E-state index is 0.0599. The highest BCUT2D eigenvalue weighted by atomic mass is 35.5. The second kappa shape index (κ2) is 15.4. The summed E-state index contributed by atoms with van der Waals surface area (Å²) < 4.78 is 19.0. The number of carbonyl (C=O) groups excluding carboxylic acids is 3. The van der Waals surface area contributed by atoms with Crippen LogP contribution in [0.1, 0.15) is 31.1 Å². The fourth-order valence-corrected chi connectivity index (χ4v) is 5.78. The van der Waals surface area contributed by atoms with E-state index in [0.717, 1.165) is 6.04 Å². The third kappa shape index (κ3) is 9.86. The van der Waals surface area contributed by atoms with Crippen LogP contribution in [0.5, 0.6) is 5.88 Å². The van der Waals surface area contributed by atoms with E-state index >= 15 is 0 Å². The fraction of sp³-hybridized carbons (Fsp3) is 0.382. The number of methoxy groups -OCH3 is 1. The Bertz CT molecular complexity index is 1900. The zero-order valence-electron chi connectivity index (χ0n) is 29.7. The molecular weight excluding hydrogens is 682 g/mol. The van der Waals surface area contributed by atoms with Crippen LogP contribution in [0.25, 0.3) is 22.2 Å². The second-order valence-electron chi connectivity index (χ2n) is 13.9. The highest BCUT2D eigenvalue weighted by molar-refractivity contribution is 6.76. The van der Waals surface area contributed by atoms with Gasteiger partial charge in [-0.3, -0.25) is 10.1 Å². The lowest BCUT2D eigenvalue weighted by Crippen LogP contribution is -2.30. The lowest BCUT2D eigenvalue weighted by molar-refractivity contribution is -0.242. The number of ether oxygens (including phenoxy) is 3. The number of hydrogen-bond donors (Lipinski definition) is 3. The molecule has 2 heterocycles. The van der Waals surface area contributed by atoms with E-state index in [0.29, 0.717) is 45.0 Å². The van der Waals surface area contributed by atoms with Crippen molar-refractivity contribution in [1.82, 2.24) is 19.4 Å². The molecule has 4 rings (SSSR count). The van der Waals surface area contributed by atoms with Gasteiger partial charge in [0.15, 0.2) is 5.65 Å². The summed E-state index contributed by atoms with van der Waals surface area (Å²) in [6.45, 7) is 12.7. The molecule has 0 aliphatic rings. The SMILES string of the molecule is COc1nc(Nc2ccc(C(=O)N(C)C)cc2Cl)nc2c1c(-c1ccc(NC(=O)OC(C)(C)C)c(NC(=O)[O-])c1)cn2COCC[Si](C)(C)C. The molecule has 0 spiro atoms. The maximum Gasteiger partial charge on any atom is 0.412 e. The molecule has 16 heteroatoms. The highest BCUT2D eigenvalue weighted by Gasteiger charge is 2.23.